The van der Waals surface area contributed by atoms with E-state index in [9.17, 15) is 9.59 Å². The van der Waals surface area contributed by atoms with E-state index in [1.807, 2.05) is 18.2 Å². The molecule has 0 aromatic heterocycles. The van der Waals surface area contributed by atoms with Gasteiger partial charge in [-0.1, -0.05) is 30.3 Å². The van der Waals surface area contributed by atoms with E-state index in [2.05, 4.69) is 22.8 Å². The lowest BCUT2D eigenvalue weighted by molar-refractivity contribution is -0.142. The van der Waals surface area contributed by atoms with Gasteiger partial charge in [0.1, 0.15) is 0 Å². The van der Waals surface area contributed by atoms with Gasteiger partial charge in [0.15, 0.2) is 0 Å². The summed E-state index contributed by atoms with van der Waals surface area (Å²) in [4.78, 5) is 22.8. The zero-order valence-corrected chi connectivity index (χ0v) is 15.3. The van der Waals surface area contributed by atoms with E-state index in [0.717, 1.165) is 38.7 Å². The Bertz CT molecular complexity index is 542. The molecule has 1 aromatic rings. The molecule has 1 aliphatic rings. The molecule has 6 nitrogen and oxygen atoms in total. The molecule has 1 saturated carbocycles. The van der Waals surface area contributed by atoms with Crippen LogP contribution in [0.5, 0.6) is 0 Å². The van der Waals surface area contributed by atoms with Crippen molar-refractivity contribution in [1.82, 2.24) is 10.6 Å². The van der Waals surface area contributed by atoms with Crippen molar-refractivity contribution in [2.75, 3.05) is 19.8 Å². The summed E-state index contributed by atoms with van der Waals surface area (Å²) in [6.07, 6.45) is 5.47. The minimum absolute atomic E-state index is 0.0897. The lowest BCUT2D eigenvalue weighted by Gasteiger charge is -2.26. The highest BCUT2D eigenvalue weighted by Crippen LogP contribution is 2.24. The molecule has 3 N–H and O–H groups in total. The summed E-state index contributed by atoms with van der Waals surface area (Å²) < 4.78 is 5.62. The normalized spacial score (nSPS) is 19.7. The molecule has 144 valence electrons. The molecule has 0 bridgehead atoms. The average molecular weight is 362 g/mol. The third-order valence-corrected chi connectivity index (χ3v) is 4.79. The van der Waals surface area contributed by atoms with Crippen molar-refractivity contribution in [2.45, 2.75) is 51.0 Å². The number of carboxylic acid groups (broad SMARTS) is 1. The Morgan fingerprint density at radius 2 is 1.77 bits per heavy atom. The molecule has 0 atom stereocenters. The molecule has 0 aliphatic heterocycles. The number of hydrogen-bond acceptors (Lipinski definition) is 3. The summed E-state index contributed by atoms with van der Waals surface area (Å²) in [6, 6.07) is 10.2. The number of urea groups is 1. The second kappa shape index (κ2) is 11.5. The number of carboxylic acids is 1. The van der Waals surface area contributed by atoms with Crippen LogP contribution in [0.2, 0.25) is 0 Å². The van der Waals surface area contributed by atoms with E-state index in [1.165, 1.54) is 5.56 Å². The first kappa shape index (κ1) is 20.2. The largest absolute Gasteiger partial charge is 0.481 e. The van der Waals surface area contributed by atoms with Crippen LogP contribution in [-0.4, -0.2) is 42.9 Å². The van der Waals surface area contributed by atoms with Gasteiger partial charge in [-0.3, -0.25) is 4.79 Å². The van der Waals surface area contributed by atoms with E-state index >= 15 is 0 Å². The van der Waals surface area contributed by atoms with Gasteiger partial charge in [-0.25, -0.2) is 4.79 Å². The standard InChI is InChI=1S/C20H30N2O4/c23-19(24)17-8-10-18(11-9-17)22-20(25)21-13-4-5-14-26-15-12-16-6-2-1-3-7-16/h1-3,6-7,17-18H,4-5,8-15H2,(H,23,24)(H2,21,22,25). The van der Waals surface area contributed by atoms with Gasteiger partial charge >= 0.3 is 12.0 Å². The molecule has 1 fully saturated rings. The lowest BCUT2D eigenvalue weighted by Crippen LogP contribution is -2.44. The highest BCUT2D eigenvalue weighted by Gasteiger charge is 2.26. The van der Waals surface area contributed by atoms with Gasteiger partial charge in [-0.2, -0.15) is 0 Å². The number of hydrogen-bond donors (Lipinski definition) is 3. The summed E-state index contributed by atoms with van der Waals surface area (Å²) in [6.45, 7) is 2.05. The second-order valence-electron chi connectivity index (χ2n) is 6.84. The van der Waals surface area contributed by atoms with Gasteiger partial charge in [0.25, 0.3) is 0 Å². The number of unbranched alkanes of at least 4 members (excludes halogenated alkanes) is 1. The molecule has 0 radical (unpaired) electrons. The fourth-order valence-corrected chi connectivity index (χ4v) is 3.19. The zero-order valence-electron chi connectivity index (χ0n) is 15.3. The van der Waals surface area contributed by atoms with Crippen LogP contribution in [0.15, 0.2) is 30.3 Å². The highest BCUT2D eigenvalue weighted by molar-refractivity contribution is 5.74. The Kier molecular flexibility index (Phi) is 8.96. The van der Waals surface area contributed by atoms with Crippen LogP contribution >= 0.6 is 0 Å². The molecule has 1 aliphatic carbocycles. The molecule has 0 unspecified atom stereocenters. The molecule has 6 heteroatoms. The number of amides is 2. The Balaban J connectivity index is 1.42. The van der Waals surface area contributed by atoms with Gasteiger partial charge in [-0.15, -0.1) is 0 Å². The fourth-order valence-electron chi connectivity index (χ4n) is 3.19. The SMILES string of the molecule is O=C(NCCCCOCCc1ccccc1)NC1CCC(C(=O)O)CC1. The van der Waals surface area contributed by atoms with Gasteiger partial charge in [0, 0.05) is 19.2 Å². The van der Waals surface area contributed by atoms with Crippen molar-refractivity contribution in [3.8, 4) is 0 Å². The maximum absolute atomic E-state index is 11.8. The summed E-state index contributed by atoms with van der Waals surface area (Å²) in [7, 11) is 0. The number of carbonyl (C=O) groups excluding carboxylic acids is 1. The van der Waals surface area contributed by atoms with Gasteiger partial charge in [0.2, 0.25) is 0 Å². The number of rotatable bonds is 10. The third-order valence-electron chi connectivity index (χ3n) is 4.79. The van der Waals surface area contributed by atoms with Crippen molar-refractivity contribution in [1.29, 1.82) is 0 Å². The number of nitrogens with one attached hydrogen (secondary N) is 2. The number of benzene rings is 1. The van der Waals surface area contributed by atoms with E-state index < -0.39 is 5.97 Å². The molecule has 26 heavy (non-hydrogen) atoms. The van der Waals surface area contributed by atoms with Gasteiger partial charge < -0.3 is 20.5 Å². The molecule has 0 heterocycles. The van der Waals surface area contributed by atoms with Crippen LogP contribution in [0.3, 0.4) is 0 Å². The average Bonchev–Trinajstić information content (AvgIpc) is 2.65. The van der Waals surface area contributed by atoms with E-state index in [1.54, 1.807) is 0 Å². The zero-order chi connectivity index (χ0) is 18.6. The first-order valence-electron chi connectivity index (χ1n) is 9.54. The van der Waals surface area contributed by atoms with Crippen LogP contribution in [0, 0.1) is 5.92 Å². The van der Waals surface area contributed by atoms with Gasteiger partial charge in [-0.05, 0) is 50.5 Å². The first-order chi connectivity index (χ1) is 12.6. The Labute approximate surface area is 155 Å². The highest BCUT2D eigenvalue weighted by atomic mass is 16.5. The molecule has 0 saturated heterocycles. The Hall–Kier alpha value is -2.08. The predicted octanol–water partition coefficient (Wildman–Crippen LogP) is 2.97. The maximum Gasteiger partial charge on any atom is 0.315 e. The minimum Gasteiger partial charge on any atom is -0.481 e. The second-order valence-corrected chi connectivity index (χ2v) is 6.84. The summed E-state index contributed by atoms with van der Waals surface area (Å²) >= 11 is 0. The molecule has 2 rings (SSSR count). The van der Waals surface area contributed by atoms with Crippen LogP contribution in [0.25, 0.3) is 0 Å². The molecular formula is C20H30N2O4. The molecule has 0 spiro atoms. The minimum atomic E-state index is -0.723. The predicted molar refractivity (Wildman–Crippen MR) is 100 cm³/mol. The molecule has 2 amide bonds. The lowest BCUT2D eigenvalue weighted by atomic mass is 9.86. The summed E-state index contributed by atoms with van der Waals surface area (Å²) in [5, 5.41) is 14.8. The van der Waals surface area contributed by atoms with Crippen LogP contribution in [0.4, 0.5) is 4.79 Å². The van der Waals surface area contributed by atoms with Crippen LogP contribution in [-0.2, 0) is 16.0 Å². The van der Waals surface area contributed by atoms with Crippen molar-refractivity contribution in [3.05, 3.63) is 35.9 Å². The number of carbonyl (C=O) groups is 2. The summed E-state index contributed by atoms with van der Waals surface area (Å²) in [5.74, 6) is -0.975. The quantitative estimate of drug-likeness (QED) is 0.559. The Morgan fingerprint density at radius 3 is 2.46 bits per heavy atom. The maximum atomic E-state index is 11.8. The number of ether oxygens (including phenoxy) is 1. The van der Waals surface area contributed by atoms with Crippen molar-refractivity contribution >= 4 is 12.0 Å². The third kappa shape index (κ3) is 7.87. The van der Waals surface area contributed by atoms with Crippen LogP contribution < -0.4 is 10.6 Å². The van der Waals surface area contributed by atoms with Crippen molar-refractivity contribution in [3.63, 3.8) is 0 Å². The van der Waals surface area contributed by atoms with Gasteiger partial charge in [0.05, 0.1) is 12.5 Å². The first-order valence-corrected chi connectivity index (χ1v) is 9.54. The van der Waals surface area contributed by atoms with E-state index in [-0.39, 0.29) is 18.0 Å². The van der Waals surface area contributed by atoms with Crippen molar-refractivity contribution < 1.29 is 19.4 Å². The Morgan fingerprint density at radius 1 is 1.04 bits per heavy atom. The van der Waals surface area contributed by atoms with E-state index in [0.29, 0.717) is 26.0 Å². The fraction of sp³-hybridized carbons (Fsp3) is 0.600. The number of aliphatic carboxylic acids is 1. The smallest absolute Gasteiger partial charge is 0.315 e. The van der Waals surface area contributed by atoms with Crippen molar-refractivity contribution in [2.24, 2.45) is 5.92 Å². The monoisotopic (exact) mass is 362 g/mol. The molecule has 1 aromatic carbocycles. The molecular weight excluding hydrogens is 332 g/mol. The summed E-state index contributed by atoms with van der Waals surface area (Å²) in [5.41, 5.74) is 1.28. The topological polar surface area (TPSA) is 87.7 Å². The van der Waals surface area contributed by atoms with E-state index in [4.69, 9.17) is 9.84 Å². The van der Waals surface area contributed by atoms with Crippen LogP contribution in [0.1, 0.15) is 44.1 Å².